The summed E-state index contributed by atoms with van der Waals surface area (Å²) in [6.07, 6.45) is 0.156. The van der Waals surface area contributed by atoms with Crippen LogP contribution in [-0.4, -0.2) is 26.7 Å². The number of rotatable bonds is 6. The summed E-state index contributed by atoms with van der Waals surface area (Å²) in [7, 11) is -3.62. The smallest absolute Gasteiger partial charge is 0.240 e. The number of nitrogens with one attached hydrogen (secondary N) is 2. The molecule has 0 spiro atoms. The summed E-state index contributed by atoms with van der Waals surface area (Å²) in [5, 5.41) is 2.54. The highest BCUT2D eigenvalue weighted by Crippen LogP contribution is 2.13. The minimum absolute atomic E-state index is 0.0745. The van der Waals surface area contributed by atoms with Gasteiger partial charge in [0.05, 0.1) is 4.90 Å². The van der Waals surface area contributed by atoms with Crippen LogP contribution in [0.4, 0.5) is 5.69 Å². The highest BCUT2D eigenvalue weighted by atomic mass is 32.2. The van der Waals surface area contributed by atoms with Crippen molar-refractivity contribution in [3.05, 3.63) is 24.3 Å². The Hall–Kier alpha value is -1.73. The van der Waals surface area contributed by atoms with Crippen LogP contribution in [0.5, 0.6) is 0 Å². The Kier molecular flexibility index (Phi) is 5.20. The lowest BCUT2D eigenvalue weighted by Gasteiger charge is -2.07. The Morgan fingerprint density at radius 1 is 1.11 bits per heavy atom. The molecule has 0 aromatic heterocycles. The summed E-state index contributed by atoms with van der Waals surface area (Å²) in [5.41, 5.74) is 0.523. The van der Waals surface area contributed by atoms with Crippen molar-refractivity contribution in [2.45, 2.75) is 25.2 Å². The third-order valence-corrected chi connectivity index (χ3v) is 3.73. The van der Waals surface area contributed by atoms with Crippen LogP contribution in [0.3, 0.4) is 0 Å². The van der Waals surface area contributed by atoms with Gasteiger partial charge in [-0.25, -0.2) is 13.1 Å². The van der Waals surface area contributed by atoms with E-state index in [1.54, 1.807) is 0 Å². The third kappa shape index (κ3) is 5.19. The Bertz CT molecular complexity index is 564. The first-order valence-corrected chi connectivity index (χ1v) is 7.16. The molecule has 0 atom stereocenters. The molecule has 104 valence electrons. The third-order valence-electron chi connectivity index (χ3n) is 2.25. The molecule has 0 aliphatic heterocycles. The van der Waals surface area contributed by atoms with E-state index in [2.05, 4.69) is 10.0 Å². The van der Waals surface area contributed by atoms with Crippen molar-refractivity contribution in [1.82, 2.24) is 4.72 Å². The minimum Gasteiger partial charge on any atom is -0.326 e. The molecule has 1 aromatic carbocycles. The molecule has 1 amide bonds. The fourth-order valence-corrected chi connectivity index (χ4v) is 2.40. The fourth-order valence-electron chi connectivity index (χ4n) is 1.37. The van der Waals surface area contributed by atoms with Gasteiger partial charge in [-0.15, -0.1) is 0 Å². The predicted octanol–water partition coefficient (Wildman–Crippen LogP) is 0.902. The molecule has 1 rings (SSSR count). The highest BCUT2D eigenvalue weighted by molar-refractivity contribution is 7.89. The summed E-state index contributed by atoms with van der Waals surface area (Å²) < 4.78 is 26.0. The van der Waals surface area contributed by atoms with E-state index in [0.717, 1.165) is 0 Å². The molecule has 0 heterocycles. The number of carbonyl (C=O) groups is 2. The largest absolute Gasteiger partial charge is 0.326 e. The van der Waals surface area contributed by atoms with Crippen molar-refractivity contribution in [2.75, 3.05) is 11.9 Å². The van der Waals surface area contributed by atoms with Crippen LogP contribution >= 0.6 is 0 Å². The van der Waals surface area contributed by atoms with Gasteiger partial charge in [0.2, 0.25) is 15.9 Å². The number of sulfonamides is 1. The second kappa shape index (κ2) is 6.44. The van der Waals surface area contributed by atoms with Crippen molar-refractivity contribution in [3.63, 3.8) is 0 Å². The van der Waals surface area contributed by atoms with E-state index in [1.807, 2.05) is 0 Å². The minimum atomic E-state index is -3.62. The Balaban J connectivity index is 2.73. The maximum atomic E-state index is 11.8. The van der Waals surface area contributed by atoms with E-state index in [1.165, 1.54) is 38.1 Å². The molecular weight excluding hydrogens is 268 g/mol. The molecule has 0 aliphatic carbocycles. The normalized spacial score (nSPS) is 11.1. The maximum Gasteiger partial charge on any atom is 0.240 e. The molecule has 19 heavy (non-hydrogen) atoms. The van der Waals surface area contributed by atoms with E-state index in [9.17, 15) is 18.0 Å². The highest BCUT2D eigenvalue weighted by Gasteiger charge is 2.13. The van der Waals surface area contributed by atoms with Gasteiger partial charge in [0.1, 0.15) is 5.78 Å². The van der Waals surface area contributed by atoms with Crippen molar-refractivity contribution in [2.24, 2.45) is 0 Å². The number of ketones is 1. The van der Waals surface area contributed by atoms with Crippen molar-refractivity contribution >= 4 is 27.4 Å². The van der Waals surface area contributed by atoms with E-state index in [0.29, 0.717) is 5.69 Å². The second-order valence-electron chi connectivity index (χ2n) is 4.06. The number of amides is 1. The van der Waals surface area contributed by atoms with Gasteiger partial charge in [-0.3, -0.25) is 9.59 Å². The van der Waals surface area contributed by atoms with Crippen LogP contribution in [0.15, 0.2) is 29.2 Å². The number of hydrogen-bond donors (Lipinski definition) is 2. The number of anilines is 1. The lowest BCUT2D eigenvalue weighted by atomic mass is 10.3. The molecule has 6 nitrogen and oxygen atoms in total. The molecule has 0 fully saturated rings. The molecule has 7 heteroatoms. The number of benzene rings is 1. The average Bonchev–Trinajstić information content (AvgIpc) is 2.28. The Labute approximate surface area is 112 Å². The van der Waals surface area contributed by atoms with Crippen molar-refractivity contribution in [3.8, 4) is 0 Å². The average molecular weight is 284 g/mol. The van der Waals surface area contributed by atoms with Gasteiger partial charge in [0, 0.05) is 25.6 Å². The molecular formula is C12H16N2O4S. The van der Waals surface area contributed by atoms with Crippen molar-refractivity contribution in [1.29, 1.82) is 0 Å². The lowest BCUT2D eigenvalue weighted by molar-refractivity contribution is -0.117. The maximum absolute atomic E-state index is 11.8. The predicted molar refractivity (Wildman–Crippen MR) is 71.2 cm³/mol. The monoisotopic (exact) mass is 284 g/mol. The Morgan fingerprint density at radius 2 is 1.68 bits per heavy atom. The van der Waals surface area contributed by atoms with Gasteiger partial charge >= 0.3 is 0 Å². The van der Waals surface area contributed by atoms with Crippen LogP contribution < -0.4 is 10.0 Å². The summed E-state index contributed by atoms with van der Waals surface area (Å²) in [5.74, 6) is -0.307. The number of hydrogen-bond acceptors (Lipinski definition) is 4. The van der Waals surface area contributed by atoms with Crippen LogP contribution in [0.25, 0.3) is 0 Å². The fraction of sp³-hybridized carbons (Fsp3) is 0.333. The zero-order valence-corrected chi connectivity index (χ0v) is 11.6. The topological polar surface area (TPSA) is 92.3 Å². The summed E-state index contributed by atoms with van der Waals surface area (Å²) in [6, 6.07) is 5.78. The molecule has 0 saturated heterocycles. The van der Waals surface area contributed by atoms with Gasteiger partial charge < -0.3 is 5.32 Å². The first-order chi connectivity index (χ1) is 8.81. The van der Waals surface area contributed by atoms with Gasteiger partial charge in [0.25, 0.3) is 0 Å². The molecule has 0 radical (unpaired) electrons. The SMILES string of the molecule is CC(=O)CCNS(=O)(=O)c1ccc(NC(C)=O)cc1. The number of carbonyl (C=O) groups excluding carboxylic acids is 2. The zero-order chi connectivity index (χ0) is 14.5. The molecule has 0 unspecified atom stereocenters. The van der Waals surface area contributed by atoms with Crippen LogP contribution in [0.2, 0.25) is 0 Å². The first kappa shape index (κ1) is 15.3. The number of Topliss-reactive ketones (excluding diaryl/α,β-unsaturated/α-hetero) is 1. The van der Waals surface area contributed by atoms with Gasteiger partial charge in [-0.1, -0.05) is 0 Å². The molecule has 2 N–H and O–H groups in total. The van der Waals surface area contributed by atoms with E-state index in [4.69, 9.17) is 0 Å². The van der Waals surface area contributed by atoms with Gasteiger partial charge in [0.15, 0.2) is 0 Å². The van der Waals surface area contributed by atoms with Crippen LogP contribution in [0, 0.1) is 0 Å². The van der Waals surface area contributed by atoms with Gasteiger partial charge in [-0.2, -0.15) is 0 Å². The van der Waals surface area contributed by atoms with Crippen LogP contribution in [-0.2, 0) is 19.6 Å². The standard InChI is InChI=1S/C12H16N2O4S/c1-9(15)7-8-13-19(17,18)12-5-3-11(4-6-12)14-10(2)16/h3-6,13H,7-8H2,1-2H3,(H,14,16). The molecule has 0 bridgehead atoms. The summed E-state index contributed by atoms with van der Waals surface area (Å²) in [4.78, 5) is 21.7. The Morgan fingerprint density at radius 3 is 2.16 bits per heavy atom. The zero-order valence-electron chi connectivity index (χ0n) is 10.8. The van der Waals surface area contributed by atoms with E-state index < -0.39 is 10.0 Å². The molecule has 0 saturated carbocycles. The van der Waals surface area contributed by atoms with Gasteiger partial charge in [-0.05, 0) is 31.2 Å². The van der Waals surface area contributed by atoms with E-state index >= 15 is 0 Å². The quantitative estimate of drug-likeness (QED) is 0.812. The lowest BCUT2D eigenvalue weighted by Crippen LogP contribution is -2.25. The van der Waals surface area contributed by atoms with Crippen LogP contribution in [0.1, 0.15) is 20.3 Å². The second-order valence-corrected chi connectivity index (χ2v) is 5.82. The first-order valence-electron chi connectivity index (χ1n) is 5.68. The van der Waals surface area contributed by atoms with E-state index in [-0.39, 0.29) is 29.6 Å². The molecule has 1 aromatic rings. The molecule has 0 aliphatic rings. The summed E-state index contributed by atoms with van der Waals surface area (Å²) >= 11 is 0. The summed E-state index contributed by atoms with van der Waals surface area (Å²) in [6.45, 7) is 2.84. The van der Waals surface area contributed by atoms with Crippen molar-refractivity contribution < 1.29 is 18.0 Å².